The molecular weight excluding hydrogens is 262 g/mol. The van der Waals surface area contributed by atoms with Crippen molar-refractivity contribution in [2.24, 2.45) is 5.92 Å². The minimum Gasteiger partial charge on any atom is -0.344 e. The number of thiazole rings is 1. The molecule has 1 aromatic rings. The molecule has 5 nitrogen and oxygen atoms in total. The van der Waals surface area contributed by atoms with E-state index < -0.39 is 6.04 Å². The zero-order valence-electron chi connectivity index (χ0n) is 11.5. The van der Waals surface area contributed by atoms with Gasteiger partial charge in [-0.1, -0.05) is 13.8 Å². The molecule has 1 saturated heterocycles. The topological polar surface area (TPSA) is 62.3 Å². The summed E-state index contributed by atoms with van der Waals surface area (Å²) >= 11 is 1.55. The second kappa shape index (κ2) is 5.69. The molecule has 0 radical (unpaired) electrons. The van der Waals surface area contributed by atoms with Crippen LogP contribution in [-0.4, -0.2) is 34.3 Å². The molecule has 2 heterocycles. The number of rotatable bonds is 3. The molecule has 6 heteroatoms. The highest BCUT2D eigenvalue weighted by molar-refractivity contribution is 7.09. The van der Waals surface area contributed by atoms with Crippen LogP contribution in [0.4, 0.5) is 0 Å². The van der Waals surface area contributed by atoms with Gasteiger partial charge < -0.3 is 10.2 Å². The predicted molar refractivity (Wildman–Crippen MR) is 73.7 cm³/mol. The van der Waals surface area contributed by atoms with E-state index in [0.717, 1.165) is 10.7 Å². The van der Waals surface area contributed by atoms with Crippen molar-refractivity contribution in [1.82, 2.24) is 15.2 Å². The minimum atomic E-state index is -0.420. The molecular formula is C13H19N3O2S. The summed E-state index contributed by atoms with van der Waals surface area (Å²) in [4.78, 5) is 30.2. The van der Waals surface area contributed by atoms with Crippen molar-refractivity contribution in [3.05, 3.63) is 16.1 Å². The maximum absolute atomic E-state index is 12.4. The van der Waals surface area contributed by atoms with Crippen molar-refractivity contribution in [2.45, 2.75) is 39.8 Å². The normalized spacial score (nSPS) is 20.6. The molecule has 1 aliphatic heterocycles. The van der Waals surface area contributed by atoms with Crippen molar-refractivity contribution in [3.63, 3.8) is 0 Å². The van der Waals surface area contributed by atoms with E-state index in [1.807, 2.05) is 26.2 Å². The minimum absolute atomic E-state index is 0.00583. The van der Waals surface area contributed by atoms with Crippen LogP contribution in [0.3, 0.4) is 0 Å². The summed E-state index contributed by atoms with van der Waals surface area (Å²) < 4.78 is 0. The van der Waals surface area contributed by atoms with Gasteiger partial charge in [-0.2, -0.15) is 0 Å². The lowest BCUT2D eigenvalue weighted by molar-refractivity contribution is -0.135. The van der Waals surface area contributed by atoms with Gasteiger partial charge in [0.1, 0.15) is 11.0 Å². The molecule has 104 valence electrons. The van der Waals surface area contributed by atoms with Crippen molar-refractivity contribution in [2.75, 3.05) is 6.54 Å². The Labute approximate surface area is 117 Å². The molecule has 1 aliphatic rings. The Hall–Kier alpha value is -1.43. The van der Waals surface area contributed by atoms with Gasteiger partial charge in [0.2, 0.25) is 11.8 Å². The maximum atomic E-state index is 12.4. The number of nitrogens with one attached hydrogen (secondary N) is 1. The van der Waals surface area contributed by atoms with E-state index in [4.69, 9.17) is 0 Å². The number of carbonyl (C=O) groups is 2. The average molecular weight is 281 g/mol. The van der Waals surface area contributed by atoms with Gasteiger partial charge in [0.05, 0.1) is 6.54 Å². The number of amides is 2. The van der Waals surface area contributed by atoms with Crippen LogP contribution >= 0.6 is 11.3 Å². The van der Waals surface area contributed by atoms with Gasteiger partial charge in [0.15, 0.2) is 0 Å². The summed E-state index contributed by atoms with van der Waals surface area (Å²) in [6.45, 7) is 6.79. The summed E-state index contributed by atoms with van der Waals surface area (Å²) in [6.07, 6.45) is 0.360. The molecule has 1 aromatic heterocycles. The Balaban J connectivity index is 2.14. The van der Waals surface area contributed by atoms with Crippen molar-refractivity contribution in [1.29, 1.82) is 0 Å². The molecule has 1 atom stereocenters. The first-order chi connectivity index (χ1) is 8.97. The molecule has 0 bridgehead atoms. The van der Waals surface area contributed by atoms with Crippen LogP contribution in [-0.2, 0) is 16.1 Å². The summed E-state index contributed by atoms with van der Waals surface area (Å²) in [5.41, 5.74) is 0.969. The quantitative estimate of drug-likeness (QED) is 0.909. The van der Waals surface area contributed by atoms with Gasteiger partial charge in [-0.05, 0) is 12.8 Å². The fourth-order valence-electron chi connectivity index (χ4n) is 2.10. The van der Waals surface area contributed by atoms with E-state index in [1.165, 1.54) is 0 Å². The number of hydrogen-bond donors (Lipinski definition) is 1. The lowest BCUT2D eigenvalue weighted by Crippen LogP contribution is -2.47. The van der Waals surface area contributed by atoms with E-state index in [9.17, 15) is 9.59 Å². The predicted octanol–water partition coefficient (Wildman–Crippen LogP) is 1.32. The lowest BCUT2D eigenvalue weighted by Gasteiger charge is -2.25. The van der Waals surface area contributed by atoms with E-state index in [0.29, 0.717) is 19.5 Å². The van der Waals surface area contributed by atoms with Crippen LogP contribution in [0.25, 0.3) is 0 Å². The monoisotopic (exact) mass is 281 g/mol. The number of hydrogen-bond acceptors (Lipinski definition) is 4. The summed E-state index contributed by atoms with van der Waals surface area (Å²) in [5.74, 6) is 0.0358. The first-order valence-electron chi connectivity index (χ1n) is 6.46. The summed E-state index contributed by atoms with van der Waals surface area (Å²) in [7, 11) is 0. The zero-order valence-corrected chi connectivity index (χ0v) is 12.3. The van der Waals surface area contributed by atoms with E-state index in [2.05, 4.69) is 10.3 Å². The molecule has 0 saturated carbocycles. The second-order valence-electron chi connectivity index (χ2n) is 5.18. The highest BCUT2D eigenvalue weighted by Gasteiger charge is 2.32. The first-order valence-corrected chi connectivity index (χ1v) is 7.34. The van der Waals surface area contributed by atoms with Gasteiger partial charge in [0, 0.05) is 24.0 Å². The first kappa shape index (κ1) is 14.0. The standard InChI is InChI=1S/C13H19N3O2S/c1-8(2)12-13(18)16(5-4-10(17)15-12)6-11-14-9(3)7-19-11/h7-8,12H,4-6H2,1-3H3,(H,15,17). The van der Waals surface area contributed by atoms with E-state index >= 15 is 0 Å². The van der Waals surface area contributed by atoms with Crippen LogP contribution in [0.1, 0.15) is 31.0 Å². The van der Waals surface area contributed by atoms with E-state index in [1.54, 1.807) is 16.2 Å². The largest absolute Gasteiger partial charge is 0.344 e. The zero-order chi connectivity index (χ0) is 14.0. The Morgan fingerprint density at radius 2 is 2.26 bits per heavy atom. The van der Waals surface area contributed by atoms with Gasteiger partial charge >= 0.3 is 0 Å². The smallest absolute Gasteiger partial charge is 0.245 e. The molecule has 19 heavy (non-hydrogen) atoms. The fourth-order valence-corrected chi connectivity index (χ4v) is 2.88. The van der Waals surface area contributed by atoms with Crippen molar-refractivity contribution < 1.29 is 9.59 Å². The van der Waals surface area contributed by atoms with Crippen LogP contribution in [0.15, 0.2) is 5.38 Å². The Kier molecular flexibility index (Phi) is 4.19. The summed E-state index contributed by atoms with van der Waals surface area (Å²) in [6, 6.07) is -0.420. The third-order valence-corrected chi connectivity index (χ3v) is 4.11. The van der Waals surface area contributed by atoms with Gasteiger partial charge in [-0.3, -0.25) is 9.59 Å². The number of aryl methyl sites for hydroxylation is 1. The van der Waals surface area contributed by atoms with Crippen molar-refractivity contribution in [3.8, 4) is 0 Å². The third-order valence-electron chi connectivity index (χ3n) is 3.16. The van der Waals surface area contributed by atoms with Gasteiger partial charge in [-0.25, -0.2) is 4.98 Å². The second-order valence-corrected chi connectivity index (χ2v) is 6.12. The van der Waals surface area contributed by atoms with Crippen LogP contribution in [0.2, 0.25) is 0 Å². The number of carbonyl (C=O) groups excluding carboxylic acids is 2. The van der Waals surface area contributed by atoms with Gasteiger partial charge in [-0.15, -0.1) is 11.3 Å². The number of nitrogens with zero attached hydrogens (tertiary/aromatic N) is 2. The molecule has 2 rings (SSSR count). The fraction of sp³-hybridized carbons (Fsp3) is 0.615. The van der Waals surface area contributed by atoms with Crippen molar-refractivity contribution >= 4 is 23.2 Å². The van der Waals surface area contributed by atoms with Crippen LogP contribution < -0.4 is 5.32 Å². The van der Waals surface area contributed by atoms with E-state index in [-0.39, 0.29) is 17.7 Å². The Morgan fingerprint density at radius 1 is 1.53 bits per heavy atom. The molecule has 1 N–H and O–H groups in total. The lowest BCUT2D eigenvalue weighted by atomic mass is 10.0. The number of aromatic nitrogens is 1. The summed E-state index contributed by atoms with van der Waals surface area (Å²) in [5, 5.41) is 5.69. The maximum Gasteiger partial charge on any atom is 0.245 e. The third kappa shape index (κ3) is 3.32. The Morgan fingerprint density at radius 3 is 2.84 bits per heavy atom. The average Bonchev–Trinajstić information content (AvgIpc) is 2.69. The highest BCUT2D eigenvalue weighted by Crippen LogP contribution is 2.16. The van der Waals surface area contributed by atoms with Crippen LogP contribution in [0, 0.1) is 12.8 Å². The molecule has 0 spiro atoms. The molecule has 1 unspecified atom stereocenters. The molecule has 0 aromatic carbocycles. The van der Waals surface area contributed by atoms with Crippen LogP contribution in [0.5, 0.6) is 0 Å². The molecule has 2 amide bonds. The SMILES string of the molecule is Cc1csc(CN2CCC(=O)NC(C(C)C)C2=O)n1. The molecule has 0 aliphatic carbocycles. The molecule has 1 fully saturated rings. The van der Waals surface area contributed by atoms with Gasteiger partial charge in [0.25, 0.3) is 0 Å². The highest BCUT2D eigenvalue weighted by atomic mass is 32.1. The Bertz CT molecular complexity index is 484.